The van der Waals surface area contributed by atoms with Crippen LogP contribution in [0.3, 0.4) is 0 Å². The highest BCUT2D eigenvalue weighted by Crippen LogP contribution is 2.27. The van der Waals surface area contributed by atoms with E-state index in [1.165, 1.54) is 5.56 Å². The van der Waals surface area contributed by atoms with Crippen LogP contribution in [0.15, 0.2) is 53.5 Å². The molecule has 1 aliphatic heterocycles. The van der Waals surface area contributed by atoms with Crippen molar-refractivity contribution in [3.05, 3.63) is 59.9 Å². The number of fused-ring (bicyclic) bond motifs is 2. The van der Waals surface area contributed by atoms with Gasteiger partial charge in [0.25, 0.3) is 0 Å². The smallest absolute Gasteiger partial charge is 0.246 e. The van der Waals surface area contributed by atoms with E-state index in [-0.39, 0.29) is 36.4 Å². The Hall–Kier alpha value is -2.62. The van der Waals surface area contributed by atoms with E-state index in [2.05, 4.69) is 37.3 Å². The fourth-order valence-electron chi connectivity index (χ4n) is 3.99. The molecule has 0 unspecified atom stereocenters. The molecule has 2 heterocycles. The van der Waals surface area contributed by atoms with Crippen molar-refractivity contribution in [3.63, 3.8) is 0 Å². The van der Waals surface area contributed by atoms with Gasteiger partial charge in [-0.05, 0) is 43.5 Å². The van der Waals surface area contributed by atoms with Crippen LogP contribution in [0.2, 0.25) is 0 Å². The molecule has 0 aliphatic carbocycles. The highest BCUT2D eigenvalue weighted by molar-refractivity contribution is 14.0. The number of aliphatic imine (C=N–C) groups is 1. The van der Waals surface area contributed by atoms with Crippen LogP contribution in [-0.4, -0.2) is 48.1 Å². The van der Waals surface area contributed by atoms with Gasteiger partial charge in [0.2, 0.25) is 5.91 Å². The van der Waals surface area contributed by atoms with Gasteiger partial charge >= 0.3 is 0 Å². The van der Waals surface area contributed by atoms with Gasteiger partial charge in [-0.2, -0.15) is 0 Å². The second-order valence-electron chi connectivity index (χ2n) is 7.43. The first kappa shape index (κ1) is 23.1. The normalized spacial score (nSPS) is 13.1. The molecule has 164 valence electrons. The first-order valence-electron chi connectivity index (χ1n) is 10.4. The molecule has 0 spiro atoms. The van der Waals surface area contributed by atoms with Crippen molar-refractivity contribution >= 4 is 52.6 Å². The highest BCUT2D eigenvalue weighted by atomic mass is 127. The lowest BCUT2D eigenvalue weighted by Crippen LogP contribution is -2.44. The zero-order valence-corrected chi connectivity index (χ0v) is 20.3. The van der Waals surface area contributed by atoms with E-state index in [4.69, 9.17) is 0 Å². The Morgan fingerprint density at radius 3 is 2.74 bits per heavy atom. The molecule has 7 nitrogen and oxygen atoms in total. The number of imidazole rings is 1. The van der Waals surface area contributed by atoms with Crippen LogP contribution >= 0.6 is 24.0 Å². The number of carbonyl (C=O) groups excluding carboxylic acids is 1. The summed E-state index contributed by atoms with van der Waals surface area (Å²) in [4.78, 5) is 23.3. The second kappa shape index (κ2) is 10.6. The van der Waals surface area contributed by atoms with Crippen LogP contribution in [0.4, 0.5) is 5.69 Å². The molecule has 0 saturated carbocycles. The van der Waals surface area contributed by atoms with Crippen molar-refractivity contribution in [1.29, 1.82) is 0 Å². The zero-order valence-electron chi connectivity index (χ0n) is 18.0. The maximum absolute atomic E-state index is 12.6. The molecule has 2 aromatic carbocycles. The molecule has 3 aromatic rings. The van der Waals surface area contributed by atoms with Crippen molar-refractivity contribution in [2.24, 2.45) is 4.99 Å². The number of hydrogen-bond acceptors (Lipinski definition) is 3. The quantitative estimate of drug-likeness (QED) is 0.222. The molecule has 31 heavy (non-hydrogen) atoms. The van der Waals surface area contributed by atoms with Crippen LogP contribution in [0, 0.1) is 6.92 Å². The Morgan fingerprint density at radius 1 is 1.13 bits per heavy atom. The Balaban J connectivity index is 0.00000272. The summed E-state index contributed by atoms with van der Waals surface area (Å²) in [5, 5.41) is 6.44. The number of amides is 1. The Labute approximate surface area is 200 Å². The van der Waals surface area contributed by atoms with Crippen molar-refractivity contribution in [2.75, 3.05) is 31.6 Å². The van der Waals surface area contributed by atoms with Crippen molar-refractivity contribution < 1.29 is 4.79 Å². The average molecular weight is 532 g/mol. The van der Waals surface area contributed by atoms with Crippen molar-refractivity contribution in [1.82, 2.24) is 20.2 Å². The molecule has 8 heteroatoms. The standard InChI is InChI=1S/C23H28N6O.HI/c1-17-27-19-9-4-6-11-21(19)28(17)14-7-13-25-23(24-2)26-16-22(30)29-15-12-18-8-3-5-10-20(18)29;/h3-6,8-11H,7,12-16H2,1-2H3,(H2,24,25,26);1H. The number of aryl methyl sites for hydroxylation is 2. The Morgan fingerprint density at radius 2 is 1.90 bits per heavy atom. The molecular formula is C23H29IN6O. The van der Waals surface area contributed by atoms with E-state index in [0.717, 1.165) is 55.0 Å². The second-order valence-corrected chi connectivity index (χ2v) is 7.43. The van der Waals surface area contributed by atoms with E-state index >= 15 is 0 Å². The number of halogens is 1. The fourth-order valence-corrected chi connectivity index (χ4v) is 3.99. The van der Waals surface area contributed by atoms with Crippen LogP contribution in [-0.2, 0) is 17.8 Å². The number of hydrogen-bond donors (Lipinski definition) is 2. The largest absolute Gasteiger partial charge is 0.356 e. The van der Waals surface area contributed by atoms with E-state index in [9.17, 15) is 4.79 Å². The predicted octanol–water partition coefficient (Wildman–Crippen LogP) is 3.11. The summed E-state index contributed by atoms with van der Waals surface area (Å²) in [5.74, 6) is 1.72. The molecule has 4 rings (SSSR count). The van der Waals surface area contributed by atoms with E-state index < -0.39 is 0 Å². The van der Waals surface area contributed by atoms with Gasteiger partial charge in [-0.3, -0.25) is 9.79 Å². The Kier molecular flexibility index (Phi) is 7.89. The van der Waals surface area contributed by atoms with Gasteiger partial charge < -0.3 is 20.1 Å². The predicted molar refractivity (Wildman–Crippen MR) is 136 cm³/mol. The minimum atomic E-state index is 0. The molecule has 0 fully saturated rings. The van der Waals surface area contributed by atoms with Gasteiger partial charge in [-0.1, -0.05) is 30.3 Å². The van der Waals surface area contributed by atoms with Crippen LogP contribution < -0.4 is 15.5 Å². The van der Waals surface area contributed by atoms with Crippen molar-refractivity contribution in [3.8, 4) is 0 Å². The molecule has 0 radical (unpaired) electrons. The third-order valence-electron chi connectivity index (χ3n) is 5.52. The van der Waals surface area contributed by atoms with Gasteiger partial charge in [0.05, 0.1) is 17.6 Å². The summed E-state index contributed by atoms with van der Waals surface area (Å²) in [7, 11) is 1.72. The number of rotatable bonds is 6. The first-order valence-corrected chi connectivity index (χ1v) is 10.4. The molecule has 1 amide bonds. The number of carbonyl (C=O) groups is 1. The maximum atomic E-state index is 12.6. The molecular weight excluding hydrogens is 503 g/mol. The minimum Gasteiger partial charge on any atom is -0.356 e. The molecule has 1 aliphatic rings. The zero-order chi connectivity index (χ0) is 20.9. The minimum absolute atomic E-state index is 0. The number of benzene rings is 2. The van der Waals surface area contributed by atoms with Crippen LogP contribution in [0.5, 0.6) is 0 Å². The molecule has 0 atom stereocenters. The maximum Gasteiger partial charge on any atom is 0.246 e. The van der Waals surface area contributed by atoms with Crippen LogP contribution in [0.1, 0.15) is 17.8 Å². The molecule has 0 saturated heterocycles. The third kappa shape index (κ3) is 5.17. The van der Waals surface area contributed by atoms with E-state index in [1.54, 1.807) is 7.05 Å². The lowest BCUT2D eigenvalue weighted by molar-refractivity contribution is -0.117. The van der Waals surface area contributed by atoms with E-state index in [0.29, 0.717) is 5.96 Å². The monoisotopic (exact) mass is 532 g/mol. The number of nitrogens with zero attached hydrogens (tertiary/aromatic N) is 4. The molecule has 2 N–H and O–H groups in total. The summed E-state index contributed by atoms with van der Waals surface area (Å²) < 4.78 is 2.24. The lowest BCUT2D eigenvalue weighted by atomic mass is 10.2. The van der Waals surface area contributed by atoms with Gasteiger partial charge in [-0.15, -0.1) is 24.0 Å². The number of anilines is 1. The summed E-state index contributed by atoms with van der Waals surface area (Å²) >= 11 is 0. The number of para-hydroxylation sites is 3. The fraction of sp³-hybridized carbons (Fsp3) is 0.348. The SMILES string of the molecule is CN=C(NCCCn1c(C)nc2ccccc21)NCC(=O)N1CCc2ccccc21.I. The number of guanidine groups is 1. The average Bonchev–Trinajstić information content (AvgIpc) is 3.34. The summed E-state index contributed by atoms with van der Waals surface area (Å²) in [5.41, 5.74) is 4.45. The third-order valence-corrected chi connectivity index (χ3v) is 5.52. The lowest BCUT2D eigenvalue weighted by Gasteiger charge is -2.19. The number of aromatic nitrogens is 2. The van der Waals surface area contributed by atoms with Gasteiger partial charge in [0.1, 0.15) is 5.82 Å². The molecule has 0 bridgehead atoms. The summed E-state index contributed by atoms with van der Waals surface area (Å²) in [6.45, 7) is 4.63. The topological polar surface area (TPSA) is 74.5 Å². The van der Waals surface area contributed by atoms with Crippen molar-refractivity contribution in [2.45, 2.75) is 26.3 Å². The highest BCUT2D eigenvalue weighted by Gasteiger charge is 2.23. The number of nitrogens with one attached hydrogen (secondary N) is 2. The molecule has 1 aromatic heterocycles. The summed E-state index contributed by atoms with van der Waals surface area (Å²) in [6, 6.07) is 16.3. The van der Waals surface area contributed by atoms with Gasteiger partial charge in [-0.25, -0.2) is 4.98 Å². The van der Waals surface area contributed by atoms with E-state index in [1.807, 2.05) is 48.2 Å². The Bertz CT molecular complexity index is 1080. The summed E-state index contributed by atoms with van der Waals surface area (Å²) in [6.07, 6.45) is 1.84. The van der Waals surface area contributed by atoms with Gasteiger partial charge in [0, 0.05) is 32.4 Å². The van der Waals surface area contributed by atoms with Gasteiger partial charge in [0.15, 0.2) is 5.96 Å². The van der Waals surface area contributed by atoms with Crippen LogP contribution in [0.25, 0.3) is 11.0 Å². The first-order chi connectivity index (χ1) is 14.7.